The Morgan fingerprint density at radius 1 is 1.12 bits per heavy atom. The highest BCUT2D eigenvalue weighted by Gasteiger charge is 2.33. The smallest absolute Gasteiger partial charge is 0.408 e. The van der Waals surface area contributed by atoms with E-state index in [1.807, 2.05) is 0 Å². The molecule has 1 rings (SSSR count). The average Bonchev–Trinajstić information content (AvgIpc) is 2.71. The maximum Gasteiger partial charge on any atom is 0.408 e. The van der Waals surface area contributed by atoms with Crippen LogP contribution in [0.2, 0.25) is 0 Å². The van der Waals surface area contributed by atoms with Crippen molar-refractivity contribution in [2.45, 2.75) is 51.8 Å². The molecule has 2 atom stereocenters. The van der Waals surface area contributed by atoms with Gasteiger partial charge in [-0.2, -0.15) is 12.6 Å². The zero-order valence-electron chi connectivity index (χ0n) is 19.2. The van der Waals surface area contributed by atoms with E-state index < -0.39 is 41.6 Å². The number of ether oxygens (including phenoxy) is 2. The standard InChI is InChI=1S/C22H33N3O6S/c1-6-30-17(26)12-13-23-19(27)18(15-10-8-7-9-11-15)25(5)20(28)16(14-32)24-21(29)31-22(2,3)4/h7-11,16,18,32H,6,12-14H2,1-5H3,(H,23,27)(H,24,29). The summed E-state index contributed by atoms with van der Waals surface area (Å²) in [6, 6.07) is 6.75. The normalized spacial score (nSPS) is 12.8. The summed E-state index contributed by atoms with van der Waals surface area (Å²) in [5.74, 6) is -1.40. The van der Waals surface area contributed by atoms with Crippen LogP contribution in [0.25, 0.3) is 0 Å². The third-order valence-corrected chi connectivity index (χ3v) is 4.57. The summed E-state index contributed by atoms with van der Waals surface area (Å²) in [6.45, 7) is 7.15. The van der Waals surface area contributed by atoms with Crippen molar-refractivity contribution in [1.82, 2.24) is 15.5 Å². The fourth-order valence-corrected chi connectivity index (χ4v) is 3.06. The van der Waals surface area contributed by atoms with Crippen molar-refractivity contribution in [3.8, 4) is 0 Å². The Labute approximate surface area is 194 Å². The minimum Gasteiger partial charge on any atom is -0.466 e. The second-order valence-electron chi connectivity index (χ2n) is 7.99. The van der Waals surface area contributed by atoms with Crippen LogP contribution in [0, 0.1) is 0 Å². The number of carbonyl (C=O) groups excluding carboxylic acids is 4. The van der Waals surface area contributed by atoms with Gasteiger partial charge < -0.3 is 25.0 Å². The molecule has 0 aliphatic rings. The van der Waals surface area contributed by atoms with Gasteiger partial charge in [-0.05, 0) is 33.3 Å². The van der Waals surface area contributed by atoms with Gasteiger partial charge in [0.15, 0.2) is 0 Å². The van der Waals surface area contributed by atoms with E-state index in [9.17, 15) is 19.2 Å². The molecule has 3 amide bonds. The van der Waals surface area contributed by atoms with Crippen molar-refractivity contribution in [3.05, 3.63) is 35.9 Å². The Bertz CT molecular complexity index is 782. The number of benzene rings is 1. The lowest BCUT2D eigenvalue weighted by molar-refractivity contribution is -0.143. The Balaban J connectivity index is 2.97. The summed E-state index contributed by atoms with van der Waals surface area (Å²) >= 11 is 4.17. The van der Waals surface area contributed by atoms with Crippen molar-refractivity contribution in [1.29, 1.82) is 0 Å². The van der Waals surface area contributed by atoms with E-state index >= 15 is 0 Å². The van der Waals surface area contributed by atoms with Crippen molar-refractivity contribution < 1.29 is 28.7 Å². The van der Waals surface area contributed by atoms with Gasteiger partial charge in [-0.3, -0.25) is 14.4 Å². The molecule has 10 heteroatoms. The van der Waals surface area contributed by atoms with E-state index in [1.165, 1.54) is 11.9 Å². The quantitative estimate of drug-likeness (QED) is 0.359. The van der Waals surface area contributed by atoms with Gasteiger partial charge in [0.25, 0.3) is 0 Å². The number of carbonyl (C=O) groups is 4. The van der Waals surface area contributed by atoms with Gasteiger partial charge in [-0.25, -0.2) is 4.79 Å². The van der Waals surface area contributed by atoms with Crippen molar-refractivity contribution in [3.63, 3.8) is 0 Å². The van der Waals surface area contributed by atoms with Crippen molar-refractivity contribution in [2.75, 3.05) is 26.0 Å². The minimum atomic E-state index is -1.00. The molecule has 0 aliphatic carbocycles. The first-order chi connectivity index (χ1) is 15.0. The zero-order valence-corrected chi connectivity index (χ0v) is 20.1. The molecular weight excluding hydrogens is 434 g/mol. The van der Waals surface area contributed by atoms with Crippen LogP contribution in [0.1, 0.15) is 45.7 Å². The molecular formula is C22H33N3O6S. The van der Waals surface area contributed by atoms with Crippen LogP contribution in [0.15, 0.2) is 30.3 Å². The number of nitrogens with one attached hydrogen (secondary N) is 2. The Hall–Kier alpha value is -2.75. The van der Waals surface area contributed by atoms with Gasteiger partial charge in [0, 0.05) is 19.3 Å². The van der Waals surface area contributed by atoms with Crippen LogP contribution in [-0.2, 0) is 23.9 Å². The summed E-state index contributed by atoms with van der Waals surface area (Å²) in [5, 5.41) is 5.17. The van der Waals surface area contributed by atoms with Crippen LogP contribution >= 0.6 is 12.6 Å². The molecule has 2 N–H and O–H groups in total. The van der Waals surface area contributed by atoms with Gasteiger partial charge in [0.2, 0.25) is 11.8 Å². The predicted molar refractivity (Wildman–Crippen MR) is 123 cm³/mol. The van der Waals surface area contributed by atoms with E-state index in [4.69, 9.17) is 9.47 Å². The predicted octanol–water partition coefficient (Wildman–Crippen LogP) is 2.08. The number of thiol groups is 1. The number of nitrogens with zero attached hydrogens (tertiary/aromatic N) is 1. The number of hydrogen-bond donors (Lipinski definition) is 3. The second-order valence-corrected chi connectivity index (χ2v) is 8.35. The number of likely N-dealkylation sites (N-methyl/N-ethyl adjacent to an activating group) is 1. The highest BCUT2D eigenvalue weighted by atomic mass is 32.1. The van der Waals surface area contributed by atoms with Crippen LogP contribution in [0.3, 0.4) is 0 Å². The average molecular weight is 468 g/mol. The van der Waals surface area contributed by atoms with E-state index in [2.05, 4.69) is 23.3 Å². The van der Waals surface area contributed by atoms with Crippen LogP contribution in [0.5, 0.6) is 0 Å². The summed E-state index contributed by atoms with van der Waals surface area (Å²) in [4.78, 5) is 51.0. The van der Waals surface area contributed by atoms with Crippen LogP contribution < -0.4 is 10.6 Å². The topological polar surface area (TPSA) is 114 Å². The first-order valence-electron chi connectivity index (χ1n) is 10.4. The number of rotatable bonds is 10. The first-order valence-corrected chi connectivity index (χ1v) is 11.0. The van der Waals surface area contributed by atoms with E-state index in [-0.39, 0.29) is 25.3 Å². The van der Waals surface area contributed by atoms with Crippen molar-refractivity contribution in [2.24, 2.45) is 0 Å². The molecule has 0 spiro atoms. The summed E-state index contributed by atoms with van der Waals surface area (Å²) in [6.07, 6.45) is -0.744. The molecule has 9 nitrogen and oxygen atoms in total. The summed E-state index contributed by atoms with van der Waals surface area (Å²) in [5.41, 5.74) is -0.155. The molecule has 32 heavy (non-hydrogen) atoms. The third-order valence-electron chi connectivity index (χ3n) is 4.20. The van der Waals surface area contributed by atoms with Gasteiger partial charge in [0.1, 0.15) is 17.7 Å². The maximum atomic E-state index is 13.1. The minimum absolute atomic E-state index is 0.00834. The molecule has 0 radical (unpaired) electrons. The molecule has 1 aromatic rings. The molecule has 0 bridgehead atoms. The van der Waals surface area contributed by atoms with Gasteiger partial charge in [0.05, 0.1) is 13.0 Å². The molecule has 0 aromatic heterocycles. The molecule has 178 valence electrons. The van der Waals surface area contributed by atoms with E-state index in [0.717, 1.165) is 0 Å². The number of amides is 3. The molecule has 0 saturated heterocycles. The molecule has 0 aliphatic heterocycles. The molecule has 0 heterocycles. The molecule has 1 aromatic carbocycles. The fourth-order valence-electron chi connectivity index (χ4n) is 2.81. The Morgan fingerprint density at radius 3 is 2.28 bits per heavy atom. The SMILES string of the molecule is CCOC(=O)CCNC(=O)C(c1ccccc1)N(C)C(=O)C(CS)NC(=O)OC(C)(C)C. The lowest BCUT2D eigenvalue weighted by atomic mass is 10.0. The number of hydrogen-bond acceptors (Lipinski definition) is 7. The summed E-state index contributed by atoms with van der Waals surface area (Å²) in [7, 11) is 1.47. The van der Waals surface area contributed by atoms with Gasteiger partial charge in [-0.15, -0.1) is 0 Å². The zero-order chi connectivity index (χ0) is 24.3. The van der Waals surface area contributed by atoms with Gasteiger partial charge in [-0.1, -0.05) is 30.3 Å². The highest BCUT2D eigenvalue weighted by Crippen LogP contribution is 2.21. The van der Waals surface area contributed by atoms with Crippen LogP contribution in [-0.4, -0.2) is 66.4 Å². The first kappa shape index (κ1) is 27.3. The molecule has 2 unspecified atom stereocenters. The van der Waals surface area contributed by atoms with Crippen LogP contribution in [0.4, 0.5) is 4.79 Å². The monoisotopic (exact) mass is 467 g/mol. The largest absolute Gasteiger partial charge is 0.466 e. The number of alkyl carbamates (subject to hydrolysis) is 1. The molecule has 0 saturated carbocycles. The summed E-state index contributed by atoms with van der Waals surface area (Å²) < 4.78 is 10.1. The van der Waals surface area contributed by atoms with E-state index in [0.29, 0.717) is 5.56 Å². The fraction of sp³-hybridized carbons (Fsp3) is 0.545. The number of esters is 1. The maximum absolute atomic E-state index is 13.1. The van der Waals surface area contributed by atoms with E-state index in [1.54, 1.807) is 58.0 Å². The molecule has 0 fully saturated rings. The Morgan fingerprint density at radius 2 is 1.75 bits per heavy atom. The lowest BCUT2D eigenvalue weighted by Gasteiger charge is -2.31. The van der Waals surface area contributed by atoms with Gasteiger partial charge >= 0.3 is 12.1 Å². The van der Waals surface area contributed by atoms with Crippen molar-refractivity contribution >= 4 is 36.5 Å². The highest BCUT2D eigenvalue weighted by molar-refractivity contribution is 7.80. The Kier molecular flexibility index (Phi) is 11.0. The lowest BCUT2D eigenvalue weighted by Crippen LogP contribution is -2.52. The second kappa shape index (κ2) is 12.9. The third kappa shape index (κ3) is 9.17.